The lowest BCUT2D eigenvalue weighted by molar-refractivity contribution is -0.101. The van der Waals surface area contributed by atoms with Gasteiger partial charge in [-0.15, -0.1) is 0 Å². The van der Waals surface area contributed by atoms with E-state index in [1.165, 1.54) is 77.0 Å². The third-order valence-corrected chi connectivity index (χ3v) is 5.82. The first kappa shape index (κ1) is 26.6. The van der Waals surface area contributed by atoms with Crippen molar-refractivity contribution in [2.24, 2.45) is 0 Å². The highest BCUT2D eigenvalue weighted by Gasteiger charge is 2.40. The maximum Gasteiger partial charge on any atom is 0.114 e. The number of rotatable bonds is 19. The molecular formula is C24H46O5. The van der Waals surface area contributed by atoms with E-state index in [2.05, 4.69) is 19.1 Å². The lowest BCUT2D eigenvalue weighted by atomic mass is 10.0. The van der Waals surface area contributed by atoms with Crippen LogP contribution in [0.15, 0.2) is 12.2 Å². The van der Waals surface area contributed by atoms with Crippen LogP contribution in [0.4, 0.5) is 0 Å². The Hall–Kier alpha value is -0.460. The van der Waals surface area contributed by atoms with Gasteiger partial charge in [0.25, 0.3) is 0 Å². The van der Waals surface area contributed by atoms with E-state index in [1.54, 1.807) is 0 Å². The predicted molar refractivity (Wildman–Crippen MR) is 118 cm³/mol. The molecule has 0 unspecified atom stereocenters. The Morgan fingerprint density at radius 1 is 0.862 bits per heavy atom. The first-order chi connectivity index (χ1) is 14.2. The van der Waals surface area contributed by atoms with Crippen molar-refractivity contribution in [3.63, 3.8) is 0 Å². The molecule has 0 bridgehead atoms. The van der Waals surface area contributed by atoms with Gasteiger partial charge in [-0.2, -0.15) is 0 Å². The molecule has 0 saturated carbocycles. The van der Waals surface area contributed by atoms with Crippen LogP contribution >= 0.6 is 0 Å². The topological polar surface area (TPSA) is 79.2 Å². The van der Waals surface area contributed by atoms with Crippen molar-refractivity contribution >= 4 is 0 Å². The van der Waals surface area contributed by atoms with Gasteiger partial charge in [0.2, 0.25) is 0 Å². The third-order valence-electron chi connectivity index (χ3n) is 5.82. The van der Waals surface area contributed by atoms with Crippen molar-refractivity contribution in [1.29, 1.82) is 0 Å². The molecule has 3 N–H and O–H groups in total. The Bertz CT molecular complexity index is 387. The van der Waals surface area contributed by atoms with Gasteiger partial charge in [0.1, 0.15) is 24.4 Å². The van der Waals surface area contributed by atoms with Crippen LogP contribution in [0.3, 0.4) is 0 Å². The minimum Gasteiger partial charge on any atom is -0.394 e. The summed E-state index contributed by atoms with van der Waals surface area (Å²) >= 11 is 0. The minimum absolute atomic E-state index is 0.0998. The average Bonchev–Trinajstić information content (AvgIpc) is 3.06. The summed E-state index contributed by atoms with van der Waals surface area (Å²) in [6, 6.07) is 0. The monoisotopic (exact) mass is 414 g/mol. The summed E-state index contributed by atoms with van der Waals surface area (Å²) in [5.74, 6) is 0. The van der Waals surface area contributed by atoms with Gasteiger partial charge in [-0.1, -0.05) is 82.8 Å². The highest BCUT2D eigenvalue weighted by Crippen LogP contribution is 2.20. The Labute approximate surface area is 178 Å². The molecule has 5 nitrogen and oxygen atoms in total. The lowest BCUT2D eigenvalue weighted by Gasteiger charge is -2.24. The maximum absolute atomic E-state index is 9.83. The van der Waals surface area contributed by atoms with E-state index in [0.29, 0.717) is 6.61 Å². The van der Waals surface area contributed by atoms with Crippen molar-refractivity contribution in [3.8, 4) is 0 Å². The van der Waals surface area contributed by atoms with Crippen molar-refractivity contribution in [1.82, 2.24) is 0 Å². The summed E-state index contributed by atoms with van der Waals surface area (Å²) in [5.41, 5.74) is 0. The number of unbranched alkanes of at least 4 members (excludes halogenated alkanes) is 13. The summed E-state index contributed by atoms with van der Waals surface area (Å²) in [4.78, 5) is 0. The van der Waals surface area contributed by atoms with Gasteiger partial charge in [-0.05, 0) is 26.2 Å². The molecule has 1 saturated heterocycles. The molecule has 1 heterocycles. The van der Waals surface area contributed by atoms with Gasteiger partial charge >= 0.3 is 0 Å². The Morgan fingerprint density at radius 3 is 1.83 bits per heavy atom. The summed E-state index contributed by atoms with van der Waals surface area (Å²) in [5, 5.41) is 28.8. The molecular weight excluding hydrogens is 368 g/mol. The van der Waals surface area contributed by atoms with Gasteiger partial charge in [-0.3, -0.25) is 0 Å². The first-order valence-corrected chi connectivity index (χ1v) is 12.0. The van der Waals surface area contributed by atoms with E-state index >= 15 is 0 Å². The Kier molecular flexibility index (Phi) is 16.8. The Morgan fingerprint density at radius 2 is 1.38 bits per heavy atom. The molecule has 1 rings (SSSR count). The fourth-order valence-corrected chi connectivity index (χ4v) is 3.91. The van der Waals surface area contributed by atoms with E-state index in [1.807, 2.05) is 0 Å². The summed E-state index contributed by atoms with van der Waals surface area (Å²) in [6.07, 6.45) is 19.5. The highest BCUT2D eigenvalue weighted by atomic mass is 16.6. The molecule has 0 spiro atoms. The smallest absolute Gasteiger partial charge is 0.114 e. The molecule has 1 aliphatic rings. The molecule has 1 fully saturated rings. The molecule has 0 aromatic carbocycles. The number of hydrogen-bond acceptors (Lipinski definition) is 5. The molecule has 0 aromatic heterocycles. The quantitative estimate of drug-likeness (QED) is 0.214. The average molecular weight is 415 g/mol. The van der Waals surface area contributed by atoms with Crippen LogP contribution in [0.25, 0.3) is 0 Å². The molecule has 4 atom stereocenters. The summed E-state index contributed by atoms with van der Waals surface area (Å²) in [6.45, 7) is 2.55. The first-order valence-electron chi connectivity index (χ1n) is 12.0. The van der Waals surface area contributed by atoms with Crippen LogP contribution in [0, 0.1) is 0 Å². The van der Waals surface area contributed by atoms with Crippen molar-refractivity contribution in [3.05, 3.63) is 12.2 Å². The van der Waals surface area contributed by atoms with E-state index in [9.17, 15) is 15.3 Å². The van der Waals surface area contributed by atoms with Crippen LogP contribution in [-0.4, -0.2) is 59.6 Å². The number of aliphatic hydroxyl groups is 3. The van der Waals surface area contributed by atoms with Crippen LogP contribution in [-0.2, 0) is 9.47 Å². The van der Waals surface area contributed by atoms with Gasteiger partial charge in [-0.25, -0.2) is 0 Å². The molecule has 1 aliphatic heterocycles. The molecule has 29 heavy (non-hydrogen) atoms. The van der Waals surface area contributed by atoms with E-state index in [0.717, 1.165) is 12.8 Å². The van der Waals surface area contributed by atoms with Crippen LogP contribution in [0.2, 0.25) is 0 Å². The number of aliphatic hydroxyl groups excluding tert-OH is 3. The number of hydrogen-bond donors (Lipinski definition) is 3. The fourth-order valence-electron chi connectivity index (χ4n) is 3.91. The zero-order valence-electron chi connectivity index (χ0n) is 18.6. The predicted octanol–water partition coefficient (Wildman–Crippen LogP) is 4.52. The van der Waals surface area contributed by atoms with Crippen molar-refractivity contribution in [2.75, 3.05) is 19.8 Å². The molecule has 0 amide bonds. The zero-order chi connectivity index (χ0) is 21.2. The van der Waals surface area contributed by atoms with E-state index in [4.69, 9.17) is 9.47 Å². The molecule has 172 valence electrons. The third kappa shape index (κ3) is 12.7. The minimum atomic E-state index is -0.977. The number of ether oxygens (including phenoxy) is 2. The van der Waals surface area contributed by atoms with Crippen molar-refractivity contribution in [2.45, 2.75) is 121 Å². The van der Waals surface area contributed by atoms with Gasteiger partial charge in [0.05, 0.1) is 13.2 Å². The van der Waals surface area contributed by atoms with Gasteiger partial charge in [0, 0.05) is 6.61 Å². The SMILES string of the molecule is C/C=C/CCCCCCCCCCCCCCCO[C@@H](CO)[C@@H]1OC[C@@H](O)[C@@H]1O. The van der Waals surface area contributed by atoms with E-state index in [-0.39, 0.29) is 13.2 Å². The maximum atomic E-state index is 9.83. The van der Waals surface area contributed by atoms with Crippen LogP contribution < -0.4 is 0 Å². The van der Waals surface area contributed by atoms with Crippen LogP contribution in [0.1, 0.15) is 96.8 Å². The molecule has 5 heteroatoms. The molecule has 0 radical (unpaired) electrons. The lowest BCUT2D eigenvalue weighted by Crippen LogP contribution is -2.42. The highest BCUT2D eigenvalue weighted by molar-refractivity contribution is 4.88. The molecule has 0 aromatic rings. The second kappa shape index (κ2) is 18.3. The second-order valence-electron chi connectivity index (χ2n) is 8.40. The largest absolute Gasteiger partial charge is 0.394 e. The standard InChI is InChI=1S/C24H46O5/c1-2-3-4-5-6-7-8-9-10-11-12-13-14-15-16-17-18-28-22(19-25)24-23(27)21(26)20-29-24/h2-3,21-27H,4-20H2,1H3/b3-2+/t21-,22+,23+,24+/m1/s1. The summed E-state index contributed by atoms with van der Waals surface area (Å²) < 4.78 is 11.0. The van der Waals surface area contributed by atoms with Crippen LogP contribution in [0.5, 0.6) is 0 Å². The Balaban J connectivity index is 1.82. The van der Waals surface area contributed by atoms with Gasteiger partial charge in [0.15, 0.2) is 0 Å². The number of allylic oxidation sites excluding steroid dienone is 2. The van der Waals surface area contributed by atoms with Crippen molar-refractivity contribution < 1.29 is 24.8 Å². The summed E-state index contributed by atoms with van der Waals surface area (Å²) in [7, 11) is 0. The second-order valence-corrected chi connectivity index (χ2v) is 8.40. The van der Waals surface area contributed by atoms with Gasteiger partial charge < -0.3 is 24.8 Å². The fraction of sp³-hybridized carbons (Fsp3) is 0.917. The molecule has 0 aliphatic carbocycles. The zero-order valence-corrected chi connectivity index (χ0v) is 18.6. The van der Waals surface area contributed by atoms with E-state index < -0.39 is 24.4 Å². The normalized spacial score (nSPS) is 23.2.